The molecule has 0 radical (unpaired) electrons. The van der Waals surface area contributed by atoms with Crippen molar-refractivity contribution in [2.24, 2.45) is 0 Å². The summed E-state index contributed by atoms with van der Waals surface area (Å²) in [6.07, 6.45) is -4.13. The van der Waals surface area contributed by atoms with E-state index in [2.05, 4.69) is 5.32 Å². The van der Waals surface area contributed by atoms with E-state index >= 15 is 0 Å². The Balaban J connectivity index is 2.51. The number of nitrogens with one attached hydrogen (secondary N) is 1. The van der Waals surface area contributed by atoms with Crippen LogP contribution in [0.4, 0.5) is 17.6 Å². The first-order valence-electron chi connectivity index (χ1n) is 8.09. The highest BCUT2D eigenvalue weighted by molar-refractivity contribution is 5.78. The molecule has 8 heteroatoms. The maximum absolute atomic E-state index is 13.0. The molecule has 0 saturated heterocycles. The highest BCUT2D eigenvalue weighted by atomic mass is 19.4. The molecule has 1 aromatic carbocycles. The van der Waals surface area contributed by atoms with Crippen molar-refractivity contribution < 1.29 is 27.2 Å². The average Bonchev–Trinajstić information content (AvgIpc) is 2.54. The maximum Gasteiger partial charge on any atom is 0.416 e. The number of benzene rings is 1. The molecule has 4 nitrogen and oxygen atoms in total. The van der Waals surface area contributed by atoms with Crippen LogP contribution in [0.2, 0.25) is 0 Å². The van der Waals surface area contributed by atoms with Gasteiger partial charge >= 0.3 is 6.18 Å². The van der Waals surface area contributed by atoms with Crippen molar-refractivity contribution in [3.8, 4) is 0 Å². The van der Waals surface area contributed by atoms with Crippen LogP contribution in [0.1, 0.15) is 44.2 Å². The Bertz CT molecular complexity index is 599. The number of alkyl halides is 3. The van der Waals surface area contributed by atoms with Crippen molar-refractivity contribution in [1.82, 2.24) is 10.2 Å². The summed E-state index contributed by atoms with van der Waals surface area (Å²) in [5.74, 6) is -1.50. The number of carbonyl (C=O) groups is 2. The average molecular weight is 362 g/mol. The largest absolute Gasteiger partial charge is 0.416 e. The quantitative estimate of drug-likeness (QED) is 0.720. The molecule has 25 heavy (non-hydrogen) atoms. The Kier molecular flexibility index (Phi) is 7.86. The molecule has 0 aliphatic rings. The zero-order valence-electron chi connectivity index (χ0n) is 14.3. The van der Waals surface area contributed by atoms with Crippen LogP contribution in [0.5, 0.6) is 0 Å². The minimum Gasteiger partial charge on any atom is -0.352 e. The smallest absolute Gasteiger partial charge is 0.352 e. The first-order valence-corrected chi connectivity index (χ1v) is 8.09. The molecule has 1 N–H and O–H groups in total. The molecule has 0 fully saturated rings. The molecule has 1 rings (SSSR count). The lowest BCUT2D eigenvalue weighted by molar-refractivity contribution is -0.138. The third-order valence-electron chi connectivity index (χ3n) is 3.76. The van der Waals surface area contributed by atoms with Gasteiger partial charge in [-0.3, -0.25) is 9.59 Å². The fourth-order valence-electron chi connectivity index (χ4n) is 2.38. The summed E-state index contributed by atoms with van der Waals surface area (Å²) < 4.78 is 51.6. The second kappa shape index (κ2) is 9.39. The summed E-state index contributed by atoms with van der Waals surface area (Å²) in [4.78, 5) is 25.2. The zero-order valence-corrected chi connectivity index (χ0v) is 14.3. The second-order valence-electron chi connectivity index (χ2n) is 5.50. The van der Waals surface area contributed by atoms with Crippen molar-refractivity contribution >= 4 is 11.8 Å². The molecule has 0 saturated carbocycles. The lowest BCUT2D eigenvalue weighted by atomic mass is 10.1. The second-order valence-corrected chi connectivity index (χ2v) is 5.50. The summed E-state index contributed by atoms with van der Waals surface area (Å²) in [6, 6.07) is 2.33. The third kappa shape index (κ3) is 6.72. The molecule has 0 aliphatic carbocycles. The van der Waals surface area contributed by atoms with Gasteiger partial charge in [0.1, 0.15) is 5.82 Å². The van der Waals surface area contributed by atoms with Gasteiger partial charge in [-0.05, 0) is 38.0 Å². The van der Waals surface area contributed by atoms with E-state index in [1.165, 1.54) is 0 Å². The van der Waals surface area contributed by atoms with Crippen LogP contribution in [0.3, 0.4) is 0 Å². The predicted molar refractivity (Wildman–Crippen MR) is 85.0 cm³/mol. The Morgan fingerprint density at radius 1 is 1.12 bits per heavy atom. The normalized spacial score (nSPS) is 11.3. The summed E-state index contributed by atoms with van der Waals surface area (Å²) in [5, 5.41) is 2.38. The predicted octanol–water partition coefficient (Wildman–Crippen LogP) is 3.50. The molecule has 0 aromatic heterocycles. The van der Waals surface area contributed by atoms with Gasteiger partial charge in [-0.1, -0.05) is 6.07 Å². The van der Waals surface area contributed by atoms with Crippen molar-refractivity contribution in [3.05, 3.63) is 35.1 Å². The molecule has 1 aromatic rings. The molecule has 0 bridgehead atoms. The zero-order chi connectivity index (χ0) is 19.0. The lowest BCUT2D eigenvalue weighted by Gasteiger charge is -2.18. The minimum absolute atomic E-state index is 0.0373. The molecule has 0 spiro atoms. The van der Waals surface area contributed by atoms with Gasteiger partial charge in [-0.2, -0.15) is 13.2 Å². The van der Waals surface area contributed by atoms with E-state index in [0.29, 0.717) is 25.6 Å². The lowest BCUT2D eigenvalue weighted by Crippen LogP contribution is -2.30. The Morgan fingerprint density at radius 3 is 2.32 bits per heavy atom. The van der Waals surface area contributed by atoms with Crippen molar-refractivity contribution in [1.29, 1.82) is 0 Å². The summed E-state index contributed by atoms with van der Waals surface area (Å²) in [6.45, 7) is 4.54. The summed E-state index contributed by atoms with van der Waals surface area (Å²) in [7, 11) is 0. The van der Waals surface area contributed by atoms with Gasteiger partial charge in [-0.15, -0.1) is 0 Å². The van der Waals surface area contributed by atoms with Gasteiger partial charge in [0.05, 0.1) is 5.56 Å². The van der Waals surface area contributed by atoms with E-state index in [1.54, 1.807) is 4.90 Å². The van der Waals surface area contributed by atoms with Crippen LogP contribution in [0.15, 0.2) is 18.2 Å². The number of hydrogen-bond donors (Lipinski definition) is 1. The maximum atomic E-state index is 13.0. The highest BCUT2D eigenvalue weighted by Gasteiger charge is 2.33. The van der Waals surface area contributed by atoms with Crippen molar-refractivity contribution in [3.63, 3.8) is 0 Å². The van der Waals surface area contributed by atoms with Crippen LogP contribution in [-0.2, 0) is 22.3 Å². The fourth-order valence-corrected chi connectivity index (χ4v) is 2.38. The van der Waals surface area contributed by atoms with Crippen molar-refractivity contribution in [2.45, 2.75) is 45.8 Å². The number of halogens is 4. The number of hydrogen-bond acceptors (Lipinski definition) is 2. The molecular weight excluding hydrogens is 340 g/mol. The minimum atomic E-state index is -4.70. The summed E-state index contributed by atoms with van der Waals surface area (Å²) in [5.41, 5.74) is -1.31. The van der Waals surface area contributed by atoms with Gasteiger partial charge in [-0.25, -0.2) is 4.39 Å². The van der Waals surface area contributed by atoms with E-state index in [9.17, 15) is 27.2 Å². The molecule has 0 atom stereocenters. The molecule has 2 amide bonds. The summed E-state index contributed by atoms with van der Waals surface area (Å²) >= 11 is 0. The Labute approximate surface area is 144 Å². The number of nitrogens with zero attached hydrogens (tertiary/aromatic N) is 1. The monoisotopic (exact) mass is 362 g/mol. The number of carbonyl (C=O) groups excluding carboxylic acids is 2. The molecule has 140 valence electrons. The molecular formula is C17H22F4N2O2. The molecule has 0 heterocycles. The van der Waals surface area contributed by atoms with Gasteiger partial charge in [0.15, 0.2) is 0 Å². The van der Waals surface area contributed by atoms with Gasteiger partial charge in [0.2, 0.25) is 11.8 Å². The fraction of sp³-hybridized carbons (Fsp3) is 0.529. The third-order valence-corrected chi connectivity index (χ3v) is 3.76. The van der Waals surface area contributed by atoms with Crippen LogP contribution in [0, 0.1) is 5.82 Å². The molecule has 0 unspecified atom stereocenters. The van der Waals surface area contributed by atoms with Crippen LogP contribution >= 0.6 is 0 Å². The standard InChI is InChI=1S/C17H22F4N2O2/c1-3-23(4-2)16(25)7-5-6-15(24)22-11-12-8-9-13(18)10-14(12)17(19,20)21/h8-10H,3-7,11H2,1-2H3,(H,22,24). The Hall–Kier alpha value is -2.12. The van der Waals surface area contributed by atoms with E-state index < -0.39 is 23.5 Å². The van der Waals surface area contributed by atoms with Crippen LogP contribution in [0.25, 0.3) is 0 Å². The highest BCUT2D eigenvalue weighted by Crippen LogP contribution is 2.32. The SMILES string of the molecule is CCN(CC)C(=O)CCCC(=O)NCc1ccc(F)cc1C(F)(F)F. The van der Waals surface area contributed by atoms with Gasteiger partial charge in [0.25, 0.3) is 0 Å². The first-order chi connectivity index (χ1) is 11.7. The van der Waals surface area contributed by atoms with Gasteiger partial charge in [0, 0.05) is 32.5 Å². The first kappa shape index (κ1) is 20.9. The molecule has 0 aliphatic heterocycles. The Morgan fingerprint density at radius 2 is 1.76 bits per heavy atom. The van der Waals surface area contributed by atoms with E-state index in [-0.39, 0.29) is 30.9 Å². The topological polar surface area (TPSA) is 49.4 Å². The van der Waals surface area contributed by atoms with E-state index in [4.69, 9.17) is 0 Å². The number of amides is 2. The number of rotatable bonds is 8. The van der Waals surface area contributed by atoms with Crippen LogP contribution in [-0.4, -0.2) is 29.8 Å². The van der Waals surface area contributed by atoms with Gasteiger partial charge < -0.3 is 10.2 Å². The van der Waals surface area contributed by atoms with Crippen molar-refractivity contribution in [2.75, 3.05) is 13.1 Å². The van der Waals surface area contributed by atoms with Crippen LogP contribution < -0.4 is 5.32 Å². The van der Waals surface area contributed by atoms with E-state index in [0.717, 1.165) is 12.1 Å². The van der Waals surface area contributed by atoms with E-state index in [1.807, 2.05) is 13.8 Å².